The first-order valence-corrected chi connectivity index (χ1v) is 6.93. The third kappa shape index (κ3) is 4.28. The molecule has 0 aliphatic carbocycles. The molecular weight excluding hydrogens is 264 g/mol. The smallest absolute Gasteiger partial charge is 0.232 e. The zero-order valence-corrected chi connectivity index (χ0v) is 11.6. The van der Waals surface area contributed by atoms with Crippen LogP contribution in [0.15, 0.2) is 23.3 Å². The number of pyridine rings is 1. The molecule has 6 heteroatoms. The Morgan fingerprint density at radius 3 is 2.95 bits per heavy atom. The summed E-state index contributed by atoms with van der Waals surface area (Å²) in [6.45, 7) is 2.94. The molecule has 2 heterocycles. The Hall–Kier alpha value is -1.49. The SMILES string of the molecule is NC(=NCCOc1ncccc1Cl)N1CCCCC1. The van der Waals surface area contributed by atoms with Gasteiger partial charge in [0.2, 0.25) is 5.88 Å². The number of aliphatic imine (C=N–C) groups is 1. The molecule has 2 N–H and O–H groups in total. The number of ether oxygens (including phenoxy) is 1. The van der Waals surface area contributed by atoms with Crippen molar-refractivity contribution in [2.75, 3.05) is 26.2 Å². The van der Waals surface area contributed by atoms with Crippen molar-refractivity contribution in [3.05, 3.63) is 23.4 Å². The maximum Gasteiger partial charge on any atom is 0.232 e. The normalized spacial score (nSPS) is 16.5. The van der Waals surface area contributed by atoms with E-state index in [9.17, 15) is 0 Å². The molecule has 104 valence electrons. The maximum absolute atomic E-state index is 5.94. The minimum Gasteiger partial charge on any atom is -0.475 e. The largest absolute Gasteiger partial charge is 0.475 e. The van der Waals surface area contributed by atoms with Crippen LogP contribution in [0.2, 0.25) is 5.02 Å². The van der Waals surface area contributed by atoms with Gasteiger partial charge in [-0.15, -0.1) is 0 Å². The fourth-order valence-electron chi connectivity index (χ4n) is 2.00. The van der Waals surface area contributed by atoms with Crippen molar-refractivity contribution < 1.29 is 4.74 Å². The first-order valence-electron chi connectivity index (χ1n) is 6.55. The number of rotatable bonds is 4. The second-order valence-corrected chi connectivity index (χ2v) is 4.83. The van der Waals surface area contributed by atoms with E-state index in [1.165, 1.54) is 19.3 Å². The summed E-state index contributed by atoms with van der Waals surface area (Å²) in [7, 11) is 0. The number of nitrogens with two attached hydrogens (primary N) is 1. The third-order valence-corrected chi connectivity index (χ3v) is 3.30. The van der Waals surface area contributed by atoms with Crippen molar-refractivity contribution in [3.8, 4) is 5.88 Å². The lowest BCUT2D eigenvalue weighted by Gasteiger charge is -2.27. The number of guanidine groups is 1. The van der Waals surface area contributed by atoms with Crippen LogP contribution in [-0.2, 0) is 0 Å². The Kier molecular flexibility index (Phi) is 5.27. The Labute approximate surface area is 118 Å². The minimum atomic E-state index is 0.422. The van der Waals surface area contributed by atoms with Gasteiger partial charge in [-0.25, -0.2) is 9.98 Å². The van der Waals surface area contributed by atoms with Crippen molar-refractivity contribution in [2.45, 2.75) is 19.3 Å². The fourth-order valence-corrected chi connectivity index (χ4v) is 2.18. The van der Waals surface area contributed by atoms with Crippen LogP contribution in [0, 0.1) is 0 Å². The number of piperidine rings is 1. The Morgan fingerprint density at radius 1 is 1.42 bits per heavy atom. The summed E-state index contributed by atoms with van der Waals surface area (Å²) in [6, 6.07) is 3.51. The van der Waals surface area contributed by atoms with Crippen LogP contribution in [0.25, 0.3) is 0 Å². The van der Waals surface area contributed by atoms with Crippen molar-refractivity contribution in [2.24, 2.45) is 10.7 Å². The van der Waals surface area contributed by atoms with Gasteiger partial charge in [-0.05, 0) is 31.4 Å². The molecule has 0 bridgehead atoms. The minimum absolute atomic E-state index is 0.422. The van der Waals surface area contributed by atoms with E-state index in [2.05, 4.69) is 14.9 Å². The molecule has 1 aromatic rings. The summed E-state index contributed by atoms with van der Waals surface area (Å²) in [5, 5.41) is 0.510. The highest BCUT2D eigenvalue weighted by molar-refractivity contribution is 6.31. The molecule has 1 fully saturated rings. The second-order valence-electron chi connectivity index (χ2n) is 4.43. The van der Waals surface area contributed by atoms with Gasteiger partial charge in [-0.3, -0.25) is 0 Å². The predicted molar refractivity (Wildman–Crippen MR) is 76.7 cm³/mol. The number of halogens is 1. The average Bonchev–Trinajstić information content (AvgIpc) is 2.46. The molecule has 1 saturated heterocycles. The van der Waals surface area contributed by atoms with Crippen LogP contribution in [0.1, 0.15) is 19.3 Å². The van der Waals surface area contributed by atoms with Crippen molar-refractivity contribution in [1.82, 2.24) is 9.88 Å². The molecule has 0 radical (unpaired) electrons. The number of aromatic nitrogens is 1. The quantitative estimate of drug-likeness (QED) is 0.521. The standard InChI is InChI=1S/C13H19ClN4O/c14-11-5-4-6-16-12(11)19-10-7-17-13(15)18-8-2-1-3-9-18/h4-6H,1-3,7-10H2,(H2,15,17). The Balaban J connectivity index is 1.75. The first-order chi connectivity index (χ1) is 9.27. The summed E-state index contributed by atoms with van der Waals surface area (Å²) in [5.74, 6) is 1.05. The monoisotopic (exact) mass is 282 g/mol. The lowest BCUT2D eigenvalue weighted by atomic mass is 10.1. The van der Waals surface area contributed by atoms with Crippen LogP contribution in [0.5, 0.6) is 5.88 Å². The van der Waals surface area contributed by atoms with E-state index in [-0.39, 0.29) is 0 Å². The van der Waals surface area contributed by atoms with Crippen LogP contribution in [-0.4, -0.2) is 42.1 Å². The molecule has 0 amide bonds. The van der Waals surface area contributed by atoms with Crippen LogP contribution in [0.3, 0.4) is 0 Å². The summed E-state index contributed by atoms with van der Waals surface area (Å²) >= 11 is 5.93. The molecule has 19 heavy (non-hydrogen) atoms. The van der Waals surface area contributed by atoms with Crippen LogP contribution in [0.4, 0.5) is 0 Å². The van der Waals surface area contributed by atoms with E-state index in [4.69, 9.17) is 22.1 Å². The predicted octanol–water partition coefficient (Wildman–Crippen LogP) is 1.91. The number of nitrogens with zero attached hydrogens (tertiary/aromatic N) is 3. The van der Waals surface area contributed by atoms with E-state index < -0.39 is 0 Å². The highest BCUT2D eigenvalue weighted by Crippen LogP contribution is 2.19. The van der Waals surface area contributed by atoms with E-state index >= 15 is 0 Å². The molecular formula is C13H19ClN4O. The van der Waals surface area contributed by atoms with Gasteiger partial charge in [0.15, 0.2) is 5.96 Å². The Morgan fingerprint density at radius 2 is 2.21 bits per heavy atom. The zero-order valence-electron chi connectivity index (χ0n) is 10.9. The van der Waals surface area contributed by atoms with Gasteiger partial charge in [0.25, 0.3) is 0 Å². The third-order valence-electron chi connectivity index (χ3n) is 3.01. The molecule has 1 aromatic heterocycles. The van der Waals surface area contributed by atoms with Crippen molar-refractivity contribution in [1.29, 1.82) is 0 Å². The van der Waals surface area contributed by atoms with E-state index in [1.807, 2.05) is 0 Å². The average molecular weight is 283 g/mol. The number of likely N-dealkylation sites (tertiary alicyclic amines) is 1. The maximum atomic E-state index is 5.94. The second kappa shape index (κ2) is 7.19. The van der Waals surface area contributed by atoms with Crippen molar-refractivity contribution in [3.63, 3.8) is 0 Å². The van der Waals surface area contributed by atoms with E-state index in [0.717, 1.165) is 13.1 Å². The molecule has 0 saturated carbocycles. The lowest BCUT2D eigenvalue weighted by molar-refractivity contribution is 0.311. The molecule has 0 unspecified atom stereocenters. The van der Waals surface area contributed by atoms with E-state index in [1.54, 1.807) is 18.3 Å². The topological polar surface area (TPSA) is 63.7 Å². The van der Waals surface area contributed by atoms with Crippen LogP contribution < -0.4 is 10.5 Å². The van der Waals surface area contributed by atoms with Crippen LogP contribution >= 0.6 is 11.6 Å². The summed E-state index contributed by atoms with van der Waals surface area (Å²) in [4.78, 5) is 10.5. The van der Waals surface area contributed by atoms with Gasteiger partial charge in [0, 0.05) is 19.3 Å². The summed E-state index contributed by atoms with van der Waals surface area (Å²) in [5.41, 5.74) is 5.94. The van der Waals surface area contributed by atoms with E-state index in [0.29, 0.717) is 30.0 Å². The Bertz CT molecular complexity index is 432. The van der Waals surface area contributed by atoms with Gasteiger partial charge in [0.1, 0.15) is 11.6 Å². The van der Waals surface area contributed by atoms with Gasteiger partial charge in [-0.2, -0.15) is 0 Å². The fraction of sp³-hybridized carbons (Fsp3) is 0.538. The number of hydrogen-bond donors (Lipinski definition) is 1. The molecule has 2 rings (SSSR count). The molecule has 0 aromatic carbocycles. The summed E-state index contributed by atoms with van der Waals surface area (Å²) in [6.07, 6.45) is 5.31. The van der Waals surface area contributed by atoms with Gasteiger partial charge < -0.3 is 15.4 Å². The van der Waals surface area contributed by atoms with Gasteiger partial charge in [0.05, 0.1) is 6.54 Å². The summed E-state index contributed by atoms with van der Waals surface area (Å²) < 4.78 is 5.45. The molecule has 0 atom stereocenters. The first kappa shape index (κ1) is 13.9. The molecule has 0 spiro atoms. The number of hydrogen-bond acceptors (Lipinski definition) is 3. The highest BCUT2D eigenvalue weighted by atomic mass is 35.5. The molecule has 1 aliphatic heterocycles. The highest BCUT2D eigenvalue weighted by Gasteiger charge is 2.11. The molecule has 1 aliphatic rings. The van der Waals surface area contributed by atoms with Gasteiger partial charge in [-0.1, -0.05) is 11.6 Å². The molecule has 5 nitrogen and oxygen atoms in total. The lowest BCUT2D eigenvalue weighted by Crippen LogP contribution is -2.41. The zero-order chi connectivity index (χ0) is 13.5. The van der Waals surface area contributed by atoms with Gasteiger partial charge >= 0.3 is 0 Å². The van der Waals surface area contributed by atoms with Crippen molar-refractivity contribution >= 4 is 17.6 Å².